The third-order valence-electron chi connectivity index (χ3n) is 4.70. The van der Waals surface area contributed by atoms with Crippen molar-refractivity contribution in [3.8, 4) is 5.88 Å². The molecule has 0 unspecified atom stereocenters. The number of nitrogens with zero attached hydrogens (tertiary/aromatic N) is 4. The molecule has 1 aliphatic rings. The van der Waals surface area contributed by atoms with Crippen LogP contribution in [0, 0.1) is 11.7 Å². The van der Waals surface area contributed by atoms with Crippen LogP contribution in [-0.4, -0.2) is 31.8 Å². The van der Waals surface area contributed by atoms with Gasteiger partial charge in [-0.15, -0.1) is 5.10 Å². The number of carbonyl (C=O) groups is 1. The van der Waals surface area contributed by atoms with Crippen LogP contribution in [0.3, 0.4) is 0 Å². The molecule has 0 spiro atoms. The molecule has 1 fully saturated rings. The van der Waals surface area contributed by atoms with E-state index in [1.54, 1.807) is 18.2 Å². The highest BCUT2D eigenvalue weighted by molar-refractivity contribution is 9.10. The Morgan fingerprint density at radius 2 is 2.10 bits per heavy atom. The van der Waals surface area contributed by atoms with Gasteiger partial charge in [0.25, 0.3) is 5.56 Å². The van der Waals surface area contributed by atoms with Crippen LogP contribution in [0.4, 0.5) is 10.3 Å². The standard InChI is InChI=1S/C19H17BrFN5O3/c1-2-10-5-15(10)29-17-14-6-11(20)3-4-13(14)18(28)26(25-17)9-16(27)24-19-22-7-12(21)8-23-19/h3-4,6-8,10,15H,2,5,9H2,1H3,(H,22,23,24,27)/t10-,15-/m0/s1. The molecule has 2 atom stereocenters. The van der Waals surface area contributed by atoms with Crippen LogP contribution in [0.2, 0.25) is 0 Å². The van der Waals surface area contributed by atoms with Crippen LogP contribution >= 0.6 is 15.9 Å². The van der Waals surface area contributed by atoms with Crippen molar-refractivity contribution in [2.75, 3.05) is 5.32 Å². The van der Waals surface area contributed by atoms with E-state index in [1.165, 1.54) is 0 Å². The smallest absolute Gasteiger partial charge is 0.275 e. The monoisotopic (exact) mass is 461 g/mol. The first kappa shape index (κ1) is 19.4. The summed E-state index contributed by atoms with van der Waals surface area (Å²) in [4.78, 5) is 32.5. The lowest BCUT2D eigenvalue weighted by molar-refractivity contribution is -0.117. The molecule has 3 aromatic rings. The Balaban J connectivity index is 1.63. The van der Waals surface area contributed by atoms with Gasteiger partial charge >= 0.3 is 0 Å². The molecule has 29 heavy (non-hydrogen) atoms. The average Bonchev–Trinajstić information content (AvgIpc) is 3.45. The molecule has 2 aromatic heterocycles. The summed E-state index contributed by atoms with van der Waals surface area (Å²) in [6, 6.07) is 5.19. The van der Waals surface area contributed by atoms with Crippen LogP contribution in [0.1, 0.15) is 19.8 Å². The number of ether oxygens (including phenoxy) is 1. The van der Waals surface area contributed by atoms with Crippen molar-refractivity contribution >= 4 is 38.6 Å². The molecule has 10 heteroatoms. The predicted octanol–water partition coefficient (Wildman–Crippen LogP) is 2.90. The number of amides is 1. The Morgan fingerprint density at radius 1 is 1.34 bits per heavy atom. The Bertz CT molecular complexity index is 1140. The molecular formula is C19H17BrFN5O3. The van der Waals surface area contributed by atoms with E-state index >= 15 is 0 Å². The highest BCUT2D eigenvalue weighted by Crippen LogP contribution is 2.38. The summed E-state index contributed by atoms with van der Waals surface area (Å²) in [6.45, 7) is 1.74. The van der Waals surface area contributed by atoms with Gasteiger partial charge in [-0.3, -0.25) is 14.9 Å². The zero-order chi connectivity index (χ0) is 20.5. The zero-order valence-corrected chi connectivity index (χ0v) is 17.0. The van der Waals surface area contributed by atoms with Crippen LogP contribution < -0.4 is 15.6 Å². The van der Waals surface area contributed by atoms with Crippen molar-refractivity contribution in [2.45, 2.75) is 32.4 Å². The highest BCUT2D eigenvalue weighted by atomic mass is 79.9. The summed E-state index contributed by atoms with van der Waals surface area (Å²) in [5.41, 5.74) is -0.419. The quantitative estimate of drug-likeness (QED) is 0.605. The lowest BCUT2D eigenvalue weighted by Gasteiger charge is -2.12. The van der Waals surface area contributed by atoms with Gasteiger partial charge in [-0.1, -0.05) is 22.9 Å². The molecule has 0 saturated heterocycles. The van der Waals surface area contributed by atoms with Gasteiger partial charge < -0.3 is 4.74 Å². The summed E-state index contributed by atoms with van der Waals surface area (Å²) in [6.07, 6.45) is 3.88. The fraction of sp³-hybridized carbons (Fsp3) is 0.316. The van der Waals surface area contributed by atoms with Crippen LogP contribution in [0.25, 0.3) is 10.8 Å². The van der Waals surface area contributed by atoms with Crippen LogP contribution in [0.15, 0.2) is 39.9 Å². The Morgan fingerprint density at radius 3 is 2.79 bits per heavy atom. The van der Waals surface area contributed by atoms with Crippen molar-refractivity contribution in [2.24, 2.45) is 5.92 Å². The molecule has 1 aliphatic carbocycles. The van der Waals surface area contributed by atoms with Gasteiger partial charge in [0.15, 0.2) is 5.82 Å². The number of halogens is 2. The topological polar surface area (TPSA) is 99.0 Å². The molecule has 1 aromatic carbocycles. The van der Waals surface area contributed by atoms with E-state index in [-0.39, 0.29) is 18.6 Å². The average molecular weight is 462 g/mol. The summed E-state index contributed by atoms with van der Waals surface area (Å²) in [5.74, 6) is -0.458. The van der Waals surface area contributed by atoms with E-state index in [2.05, 4.69) is 43.2 Å². The fourth-order valence-electron chi connectivity index (χ4n) is 3.04. The lowest BCUT2D eigenvalue weighted by atomic mass is 10.2. The molecule has 0 bridgehead atoms. The van der Waals surface area contributed by atoms with Crippen molar-refractivity contribution in [3.63, 3.8) is 0 Å². The summed E-state index contributed by atoms with van der Waals surface area (Å²) in [7, 11) is 0. The predicted molar refractivity (Wildman–Crippen MR) is 107 cm³/mol. The summed E-state index contributed by atoms with van der Waals surface area (Å²) >= 11 is 3.40. The second kappa shape index (κ2) is 7.86. The van der Waals surface area contributed by atoms with E-state index in [4.69, 9.17) is 4.74 Å². The third kappa shape index (κ3) is 4.26. The minimum Gasteiger partial charge on any atom is -0.473 e. The molecule has 4 rings (SSSR count). The number of hydrogen-bond acceptors (Lipinski definition) is 6. The van der Waals surface area contributed by atoms with Gasteiger partial charge in [-0.05, 0) is 37.0 Å². The Kier molecular flexibility index (Phi) is 5.27. The first-order chi connectivity index (χ1) is 13.9. The number of carbonyl (C=O) groups excluding carboxylic acids is 1. The lowest BCUT2D eigenvalue weighted by Crippen LogP contribution is -2.30. The second-order valence-electron chi connectivity index (χ2n) is 6.79. The Hall–Kier alpha value is -2.88. The van der Waals surface area contributed by atoms with Crippen molar-refractivity contribution in [1.82, 2.24) is 19.7 Å². The zero-order valence-electron chi connectivity index (χ0n) is 15.4. The number of rotatable bonds is 6. The second-order valence-corrected chi connectivity index (χ2v) is 7.71. The minimum absolute atomic E-state index is 0.0575. The third-order valence-corrected chi connectivity index (χ3v) is 5.19. The van der Waals surface area contributed by atoms with E-state index in [9.17, 15) is 14.0 Å². The molecular weight excluding hydrogens is 445 g/mol. The van der Waals surface area contributed by atoms with Gasteiger partial charge in [0.2, 0.25) is 17.7 Å². The largest absolute Gasteiger partial charge is 0.473 e. The van der Waals surface area contributed by atoms with E-state index < -0.39 is 17.3 Å². The van der Waals surface area contributed by atoms with Crippen molar-refractivity contribution in [1.29, 1.82) is 0 Å². The summed E-state index contributed by atoms with van der Waals surface area (Å²) in [5, 5.41) is 7.69. The van der Waals surface area contributed by atoms with E-state index in [0.29, 0.717) is 22.6 Å². The Labute approximate surface area is 173 Å². The first-order valence-electron chi connectivity index (χ1n) is 9.09. The fourth-order valence-corrected chi connectivity index (χ4v) is 3.40. The number of aromatic nitrogens is 4. The molecule has 0 aliphatic heterocycles. The number of anilines is 1. The maximum atomic E-state index is 12.9. The molecule has 1 saturated carbocycles. The molecule has 2 heterocycles. The molecule has 0 radical (unpaired) electrons. The van der Waals surface area contributed by atoms with Gasteiger partial charge in [-0.2, -0.15) is 0 Å². The number of nitrogens with one attached hydrogen (secondary N) is 1. The van der Waals surface area contributed by atoms with E-state index in [1.807, 2.05) is 0 Å². The maximum absolute atomic E-state index is 12.9. The van der Waals surface area contributed by atoms with Crippen LogP contribution in [0.5, 0.6) is 5.88 Å². The van der Waals surface area contributed by atoms with Crippen molar-refractivity contribution < 1.29 is 13.9 Å². The minimum atomic E-state index is -0.617. The SMILES string of the molecule is CC[C@H]1C[C@@H]1Oc1nn(CC(=O)Nc2ncc(F)cn2)c(=O)c2ccc(Br)cc12. The molecule has 8 nitrogen and oxygen atoms in total. The van der Waals surface area contributed by atoms with Gasteiger partial charge in [0.1, 0.15) is 12.6 Å². The summed E-state index contributed by atoms with van der Waals surface area (Å²) < 4.78 is 20.8. The number of hydrogen-bond donors (Lipinski definition) is 1. The van der Waals surface area contributed by atoms with Crippen LogP contribution in [-0.2, 0) is 11.3 Å². The maximum Gasteiger partial charge on any atom is 0.275 e. The van der Waals surface area contributed by atoms with Crippen molar-refractivity contribution in [3.05, 3.63) is 51.2 Å². The van der Waals surface area contributed by atoms with Gasteiger partial charge in [-0.25, -0.2) is 19.0 Å². The molecule has 150 valence electrons. The molecule has 1 N–H and O–H groups in total. The van der Waals surface area contributed by atoms with E-state index in [0.717, 1.165) is 34.4 Å². The first-order valence-corrected chi connectivity index (χ1v) is 9.88. The van der Waals surface area contributed by atoms with Gasteiger partial charge in [0.05, 0.1) is 23.2 Å². The number of benzene rings is 1. The normalized spacial score (nSPS) is 17.9. The van der Waals surface area contributed by atoms with Gasteiger partial charge in [0, 0.05) is 4.47 Å². The molecule has 1 amide bonds. The number of fused-ring (bicyclic) bond motifs is 1. The highest BCUT2D eigenvalue weighted by Gasteiger charge is 2.38.